The van der Waals surface area contributed by atoms with Crippen molar-refractivity contribution < 1.29 is 9.72 Å². The van der Waals surface area contributed by atoms with Crippen LogP contribution in [0.2, 0.25) is 0 Å². The molecule has 0 saturated carbocycles. The largest absolute Gasteiger partial charge is 0.342 e. The van der Waals surface area contributed by atoms with E-state index in [2.05, 4.69) is 5.10 Å². The molecule has 0 radical (unpaired) electrons. The molecule has 1 atom stereocenters. The van der Waals surface area contributed by atoms with E-state index in [0.29, 0.717) is 24.5 Å². The summed E-state index contributed by atoms with van der Waals surface area (Å²) in [7, 11) is 1.70. The molecule has 9 heteroatoms. The molecule has 1 unspecified atom stereocenters. The fourth-order valence-corrected chi connectivity index (χ4v) is 1.95. The lowest BCUT2D eigenvalue weighted by Gasteiger charge is -2.23. The number of amides is 1. The molecular formula is C12H22ClN5O3. The number of hydrogen-bond acceptors (Lipinski definition) is 5. The van der Waals surface area contributed by atoms with Crippen LogP contribution < -0.4 is 5.73 Å². The summed E-state index contributed by atoms with van der Waals surface area (Å²) in [6.45, 7) is 5.81. The number of rotatable bonds is 6. The van der Waals surface area contributed by atoms with Crippen molar-refractivity contribution in [1.29, 1.82) is 0 Å². The van der Waals surface area contributed by atoms with Crippen LogP contribution >= 0.6 is 12.4 Å². The Morgan fingerprint density at radius 3 is 2.52 bits per heavy atom. The van der Waals surface area contributed by atoms with Gasteiger partial charge in [-0.15, -0.1) is 12.4 Å². The second-order valence-corrected chi connectivity index (χ2v) is 4.84. The fourth-order valence-electron chi connectivity index (χ4n) is 1.95. The molecule has 1 amide bonds. The molecular weight excluding hydrogens is 298 g/mol. The van der Waals surface area contributed by atoms with Crippen molar-refractivity contribution in [2.45, 2.75) is 39.8 Å². The Bertz CT molecular complexity index is 517. The third-order valence-electron chi connectivity index (χ3n) is 3.46. The summed E-state index contributed by atoms with van der Waals surface area (Å²) in [6.07, 6.45) is 0.236. The van der Waals surface area contributed by atoms with Gasteiger partial charge in [0.15, 0.2) is 0 Å². The normalized spacial score (nSPS) is 11.7. The third kappa shape index (κ3) is 4.40. The zero-order valence-electron chi connectivity index (χ0n) is 12.7. The van der Waals surface area contributed by atoms with E-state index in [1.54, 1.807) is 25.8 Å². The molecule has 1 rings (SSSR count). The Balaban J connectivity index is 0.00000400. The van der Waals surface area contributed by atoms with Crippen molar-refractivity contribution in [2.24, 2.45) is 5.73 Å². The molecule has 8 nitrogen and oxygen atoms in total. The fraction of sp³-hybridized carbons (Fsp3) is 0.667. The van der Waals surface area contributed by atoms with E-state index in [4.69, 9.17) is 5.73 Å². The van der Waals surface area contributed by atoms with Gasteiger partial charge in [-0.05, 0) is 20.8 Å². The van der Waals surface area contributed by atoms with Crippen LogP contribution in [0, 0.1) is 24.0 Å². The van der Waals surface area contributed by atoms with Crippen molar-refractivity contribution in [3.63, 3.8) is 0 Å². The van der Waals surface area contributed by atoms with Gasteiger partial charge in [-0.25, -0.2) is 0 Å². The van der Waals surface area contributed by atoms with E-state index in [-0.39, 0.29) is 36.5 Å². The summed E-state index contributed by atoms with van der Waals surface area (Å²) in [5.74, 6) is -0.0573. The molecule has 0 fully saturated rings. The standard InChI is InChI=1S/C12H21N5O3.ClH/c1-8(7-13)15(4)11(18)5-6-16-10(3)12(17(19)20)9(2)14-16;/h8H,5-7,13H2,1-4H3;1H. The van der Waals surface area contributed by atoms with Gasteiger partial charge in [0, 0.05) is 26.1 Å². The average molecular weight is 320 g/mol. The van der Waals surface area contributed by atoms with E-state index in [1.165, 1.54) is 4.68 Å². The van der Waals surface area contributed by atoms with Crippen LogP contribution in [-0.4, -0.2) is 45.1 Å². The van der Waals surface area contributed by atoms with Gasteiger partial charge in [0.1, 0.15) is 11.4 Å². The van der Waals surface area contributed by atoms with Gasteiger partial charge in [-0.2, -0.15) is 5.10 Å². The summed E-state index contributed by atoms with van der Waals surface area (Å²) in [5.41, 5.74) is 6.36. The van der Waals surface area contributed by atoms with E-state index in [0.717, 1.165) is 0 Å². The SMILES string of the molecule is Cc1nn(CCC(=O)N(C)C(C)CN)c(C)c1[N+](=O)[O-].Cl. The minimum absolute atomic E-state index is 0. The quantitative estimate of drug-likeness (QED) is 0.622. The number of likely N-dealkylation sites (N-methyl/N-ethyl adjacent to an activating group) is 1. The number of halogens is 1. The highest BCUT2D eigenvalue weighted by atomic mass is 35.5. The van der Waals surface area contributed by atoms with Crippen LogP contribution in [0.25, 0.3) is 0 Å². The highest BCUT2D eigenvalue weighted by molar-refractivity contribution is 5.85. The first-order valence-electron chi connectivity index (χ1n) is 6.43. The average Bonchev–Trinajstić information content (AvgIpc) is 2.68. The van der Waals surface area contributed by atoms with Gasteiger partial charge in [-0.3, -0.25) is 19.6 Å². The van der Waals surface area contributed by atoms with Crippen LogP contribution in [0.1, 0.15) is 24.7 Å². The van der Waals surface area contributed by atoms with E-state index in [1.807, 2.05) is 6.92 Å². The van der Waals surface area contributed by atoms with Crippen LogP contribution in [0.4, 0.5) is 5.69 Å². The highest BCUT2D eigenvalue weighted by Crippen LogP contribution is 2.21. The van der Waals surface area contributed by atoms with E-state index >= 15 is 0 Å². The van der Waals surface area contributed by atoms with Crippen molar-refractivity contribution in [2.75, 3.05) is 13.6 Å². The molecule has 0 spiro atoms. The molecule has 1 heterocycles. The Kier molecular flexibility index (Phi) is 7.31. The number of nitro groups is 1. The number of aromatic nitrogens is 2. The summed E-state index contributed by atoms with van der Waals surface area (Å²) >= 11 is 0. The topological polar surface area (TPSA) is 107 Å². The first-order chi connectivity index (χ1) is 9.29. The Morgan fingerprint density at radius 2 is 2.10 bits per heavy atom. The predicted molar refractivity (Wildman–Crippen MR) is 81.5 cm³/mol. The molecule has 120 valence electrons. The lowest BCUT2D eigenvalue weighted by Crippen LogP contribution is -2.40. The lowest BCUT2D eigenvalue weighted by atomic mass is 10.2. The molecule has 0 aliphatic heterocycles. The van der Waals surface area contributed by atoms with Gasteiger partial charge in [-0.1, -0.05) is 0 Å². The van der Waals surface area contributed by atoms with Gasteiger partial charge in [0.05, 0.1) is 11.5 Å². The van der Waals surface area contributed by atoms with Crippen molar-refractivity contribution in [1.82, 2.24) is 14.7 Å². The number of nitrogens with zero attached hydrogens (tertiary/aromatic N) is 4. The minimum atomic E-state index is -0.446. The van der Waals surface area contributed by atoms with E-state index < -0.39 is 4.92 Å². The minimum Gasteiger partial charge on any atom is -0.342 e. The zero-order chi connectivity index (χ0) is 15.4. The molecule has 1 aromatic heterocycles. The maximum atomic E-state index is 11.9. The maximum Gasteiger partial charge on any atom is 0.312 e. The molecule has 0 aromatic carbocycles. The molecule has 2 N–H and O–H groups in total. The molecule has 0 aliphatic rings. The van der Waals surface area contributed by atoms with Gasteiger partial charge >= 0.3 is 5.69 Å². The molecule has 0 aliphatic carbocycles. The van der Waals surface area contributed by atoms with E-state index in [9.17, 15) is 14.9 Å². The van der Waals surface area contributed by atoms with Crippen molar-refractivity contribution in [3.05, 3.63) is 21.5 Å². The molecule has 0 saturated heterocycles. The van der Waals surface area contributed by atoms with Crippen LogP contribution in [-0.2, 0) is 11.3 Å². The number of aryl methyl sites for hydroxylation is 2. The first kappa shape index (κ1) is 19.3. The Labute approximate surface area is 129 Å². The molecule has 0 bridgehead atoms. The highest BCUT2D eigenvalue weighted by Gasteiger charge is 2.22. The Morgan fingerprint density at radius 1 is 1.52 bits per heavy atom. The van der Waals surface area contributed by atoms with Crippen molar-refractivity contribution >= 4 is 24.0 Å². The Hall–Kier alpha value is -1.67. The van der Waals surface area contributed by atoms with Gasteiger partial charge in [0.2, 0.25) is 5.91 Å². The van der Waals surface area contributed by atoms with Crippen LogP contribution in [0.3, 0.4) is 0 Å². The van der Waals surface area contributed by atoms with Crippen LogP contribution in [0.15, 0.2) is 0 Å². The summed E-state index contributed by atoms with van der Waals surface area (Å²) in [6, 6.07) is -0.0303. The smallest absolute Gasteiger partial charge is 0.312 e. The molecule has 1 aromatic rings. The maximum absolute atomic E-state index is 11.9. The third-order valence-corrected chi connectivity index (χ3v) is 3.46. The zero-order valence-corrected chi connectivity index (χ0v) is 13.5. The van der Waals surface area contributed by atoms with Gasteiger partial charge < -0.3 is 10.6 Å². The molecule has 21 heavy (non-hydrogen) atoms. The van der Waals surface area contributed by atoms with Gasteiger partial charge in [0.25, 0.3) is 0 Å². The first-order valence-corrected chi connectivity index (χ1v) is 6.43. The lowest BCUT2D eigenvalue weighted by molar-refractivity contribution is -0.386. The number of hydrogen-bond donors (Lipinski definition) is 1. The second-order valence-electron chi connectivity index (χ2n) is 4.84. The predicted octanol–water partition coefficient (Wildman–Crippen LogP) is 1.03. The number of nitrogens with two attached hydrogens (primary N) is 1. The monoisotopic (exact) mass is 319 g/mol. The van der Waals surface area contributed by atoms with Crippen LogP contribution in [0.5, 0.6) is 0 Å². The number of carbonyl (C=O) groups is 1. The van der Waals surface area contributed by atoms with Crippen molar-refractivity contribution in [3.8, 4) is 0 Å². The second kappa shape index (κ2) is 7.94. The summed E-state index contributed by atoms with van der Waals surface area (Å²) in [4.78, 5) is 24.0. The number of carbonyl (C=O) groups excluding carboxylic acids is 1. The summed E-state index contributed by atoms with van der Waals surface area (Å²) < 4.78 is 1.51. The summed E-state index contributed by atoms with van der Waals surface area (Å²) in [5, 5.41) is 15.0.